The van der Waals surface area contributed by atoms with Crippen molar-refractivity contribution in [2.45, 2.75) is 25.8 Å². The molecule has 0 spiro atoms. The minimum Gasteiger partial charge on any atom is -0.457 e. The lowest BCUT2D eigenvalue weighted by Crippen LogP contribution is -2.24. The fraction of sp³-hybridized carbons (Fsp3) is 0.238. The van der Waals surface area contributed by atoms with Crippen LogP contribution in [0, 0.1) is 0 Å². The number of aromatic nitrogens is 2. The highest BCUT2D eigenvalue weighted by atomic mass is 16.5. The second kappa shape index (κ2) is 9.42. The van der Waals surface area contributed by atoms with E-state index in [1.807, 2.05) is 55.0 Å². The van der Waals surface area contributed by atoms with Gasteiger partial charge in [-0.05, 0) is 49.6 Å². The Bertz CT molecular complexity index is 801. The second-order valence-corrected chi connectivity index (χ2v) is 6.06. The van der Waals surface area contributed by atoms with Gasteiger partial charge in [0.15, 0.2) is 0 Å². The lowest BCUT2D eigenvalue weighted by atomic mass is 10.2. The molecule has 3 rings (SSSR count). The number of nitrogens with one attached hydrogen (secondary N) is 1. The zero-order valence-corrected chi connectivity index (χ0v) is 14.7. The Morgan fingerprint density at radius 1 is 1.00 bits per heavy atom. The summed E-state index contributed by atoms with van der Waals surface area (Å²) in [5.41, 5.74) is 0.608. The van der Waals surface area contributed by atoms with Gasteiger partial charge in [0.05, 0.1) is 6.33 Å². The molecule has 134 valence electrons. The number of unbranched alkanes of at least 4 members (excludes halogenated alkanes) is 2. The summed E-state index contributed by atoms with van der Waals surface area (Å²) in [7, 11) is 0. The van der Waals surface area contributed by atoms with Crippen molar-refractivity contribution in [3.05, 3.63) is 78.9 Å². The average Bonchev–Trinajstić information content (AvgIpc) is 3.19. The van der Waals surface area contributed by atoms with Gasteiger partial charge >= 0.3 is 0 Å². The first-order chi connectivity index (χ1) is 12.8. The first kappa shape index (κ1) is 17.7. The molecule has 0 radical (unpaired) electrons. The van der Waals surface area contributed by atoms with Crippen LogP contribution in [0.2, 0.25) is 0 Å². The molecule has 1 aromatic heterocycles. The van der Waals surface area contributed by atoms with E-state index in [-0.39, 0.29) is 5.91 Å². The fourth-order valence-electron chi connectivity index (χ4n) is 2.64. The number of ether oxygens (including phenoxy) is 1. The van der Waals surface area contributed by atoms with Gasteiger partial charge in [-0.3, -0.25) is 4.79 Å². The van der Waals surface area contributed by atoms with Crippen molar-refractivity contribution >= 4 is 5.91 Å². The Morgan fingerprint density at radius 3 is 2.65 bits per heavy atom. The maximum absolute atomic E-state index is 12.3. The molecule has 1 amide bonds. The molecule has 1 N–H and O–H groups in total. The van der Waals surface area contributed by atoms with E-state index in [0.29, 0.717) is 17.9 Å². The molecule has 1 heterocycles. The number of para-hydroxylation sites is 1. The summed E-state index contributed by atoms with van der Waals surface area (Å²) in [6.07, 6.45) is 8.68. The number of hydrogen-bond donors (Lipinski definition) is 1. The lowest BCUT2D eigenvalue weighted by molar-refractivity contribution is 0.0952. The third-order valence-corrected chi connectivity index (χ3v) is 4.01. The second-order valence-electron chi connectivity index (χ2n) is 6.06. The van der Waals surface area contributed by atoms with Gasteiger partial charge in [-0.15, -0.1) is 0 Å². The van der Waals surface area contributed by atoms with Crippen LogP contribution in [-0.2, 0) is 6.54 Å². The molecule has 0 saturated heterocycles. The van der Waals surface area contributed by atoms with E-state index in [9.17, 15) is 4.79 Å². The molecule has 5 nitrogen and oxygen atoms in total. The number of rotatable bonds is 9. The van der Waals surface area contributed by atoms with E-state index >= 15 is 0 Å². The molecule has 3 aromatic rings. The molecule has 0 aliphatic carbocycles. The van der Waals surface area contributed by atoms with E-state index < -0.39 is 0 Å². The Balaban J connectivity index is 1.40. The van der Waals surface area contributed by atoms with Crippen LogP contribution < -0.4 is 10.1 Å². The number of benzene rings is 2. The van der Waals surface area contributed by atoms with E-state index in [1.54, 1.807) is 18.3 Å². The van der Waals surface area contributed by atoms with Gasteiger partial charge < -0.3 is 14.6 Å². The van der Waals surface area contributed by atoms with E-state index in [2.05, 4.69) is 14.9 Å². The molecule has 0 bridgehead atoms. The van der Waals surface area contributed by atoms with Crippen molar-refractivity contribution in [1.82, 2.24) is 14.9 Å². The monoisotopic (exact) mass is 349 g/mol. The molecule has 0 saturated carbocycles. The molecule has 0 unspecified atom stereocenters. The SMILES string of the molecule is O=C(NCCCCCn1ccnc1)c1cccc(Oc2ccccc2)c1. The van der Waals surface area contributed by atoms with Gasteiger partial charge in [-0.2, -0.15) is 0 Å². The van der Waals surface area contributed by atoms with Crippen molar-refractivity contribution in [3.63, 3.8) is 0 Å². The van der Waals surface area contributed by atoms with Crippen molar-refractivity contribution in [2.24, 2.45) is 0 Å². The minimum absolute atomic E-state index is 0.0712. The zero-order chi connectivity index (χ0) is 18.0. The van der Waals surface area contributed by atoms with E-state index in [0.717, 1.165) is 31.6 Å². The highest BCUT2D eigenvalue weighted by Crippen LogP contribution is 2.21. The quantitative estimate of drug-likeness (QED) is 0.587. The summed E-state index contributed by atoms with van der Waals surface area (Å²) in [5, 5.41) is 2.97. The standard InChI is InChI=1S/C21H23N3O2/c25-21(23-12-5-2-6-14-24-15-13-22-17-24)18-8-7-11-20(16-18)26-19-9-3-1-4-10-19/h1,3-4,7-11,13,15-17H,2,5-6,12,14H2,(H,23,25). The molecule has 5 heteroatoms. The minimum atomic E-state index is -0.0712. The van der Waals surface area contributed by atoms with Crippen LogP contribution in [0.5, 0.6) is 11.5 Å². The van der Waals surface area contributed by atoms with Crippen LogP contribution in [0.25, 0.3) is 0 Å². The summed E-state index contributed by atoms with van der Waals surface area (Å²) < 4.78 is 7.84. The molecule has 0 aliphatic heterocycles. The van der Waals surface area contributed by atoms with Gasteiger partial charge in [-0.25, -0.2) is 4.98 Å². The summed E-state index contributed by atoms with van der Waals surface area (Å²) in [4.78, 5) is 16.3. The molecule has 0 aliphatic rings. The number of carbonyl (C=O) groups is 1. The maximum Gasteiger partial charge on any atom is 0.251 e. The normalized spacial score (nSPS) is 10.5. The summed E-state index contributed by atoms with van der Waals surface area (Å²) in [6.45, 7) is 1.64. The van der Waals surface area contributed by atoms with Crippen molar-refractivity contribution in [1.29, 1.82) is 0 Å². The van der Waals surface area contributed by atoms with E-state index in [4.69, 9.17) is 4.74 Å². The zero-order valence-electron chi connectivity index (χ0n) is 14.7. The van der Waals surface area contributed by atoms with Crippen LogP contribution in [0.1, 0.15) is 29.6 Å². The topological polar surface area (TPSA) is 56.2 Å². The van der Waals surface area contributed by atoms with Gasteiger partial charge in [0.1, 0.15) is 11.5 Å². The highest BCUT2D eigenvalue weighted by molar-refractivity contribution is 5.94. The van der Waals surface area contributed by atoms with E-state index in [1.165, 1.54) is 0 Å². The Labute approximate surface area is 153 Å². The molecule has 0 fully saturated rings. The Hall–Kier alpha value is -3.08. The van der Waals surface area contributed by atoms with Crippen LogP contribution in [0.4, 0.5) is 0 Å². The molecule has 2 aromatic carbocycles. The summed E-state index contributed by atoms with van der Waals surface area (Å²) in [5.74, 6) is 1.34. The van der Waals surface area contributed by atoms with Crippen molar-refractivity contribution in [3.8, 4) is 11.5 Å². The Kier molecular flexibility index (Phi) is 6.42. The third-order valence-electron chi connectivity index (χ3n) is 4.01. The first-order valence-corrected chi connectivity index (χ1v) is 8.88. The predicted octanol–water partition coefficient (Wildman–Crippen LogP) is 4.28. The maximum atomic E-state index is 12.3. The number of aryl methyl sites for hydroxylation is 1. The molecular formula is C21H23N3O2. The van der Waals surface area contributed by atoms with Gasteiger partial charge in [0.25, 0.3) is 5.91 Å². The average molecular weight is 349 g/mol. The number of imidazole rings is 1. The Morgan fingerprint density at radius 2 is 1.85 bits per heavy atom. The third kappa shape index (κ3) is 5.48. The highest BCUT2D eigenvalue weighted by Gasteiger charge is 2.06. The first-order valence-electron chi connectivity index (χ1n) is 8.88. The number of nitrogens with zero attached hydrogens (tertiary/aromatic N) is 2. The van der Waals surface area contributed by atoms with Gasteiger partial charge in [-0.1, -0.05) is 24.3 Å². The summed E-state index contributed by atoms with van der Waals surface area (Å²) >= 11 is 0. The number of hydrogen-bond acceptors (Lipinski definition) is 3. The van der Waals surface area contributed by atoms with Crippen LogP contribution >= 0.6 is 0 Å². The van der Waals surface area contributed by atoms with Gasteiger partial charge in [0, 0.05) is 31.0 Å². The lowest BCUT2D eigenvalue weighted by Gasteiger charge is -2.08. The van der Waals surface area contributed by atoms with Crippen molar-refractivity contribution < 1.29 is 9.53 Å². The van der Waals surface area contributed by atoms with Crippen LogP contribution in [-0.4, -0.2) is 22.0 Å². The smallest absolute Gasteiger partial charge is 0.251 e. The van der Waals surface area contributed by atoms with Gasteiger partial charge in [0.2, 0.25) is 0 Å². The molecule has 0 atom stereocenters. The largest absolute Gasteiger partial charge is 0.457 e. The van der Waals surface area contributed by atoms with Crippen LogP contribution in [0.15, 0.2) is 73.3 Å². The van der Waals surface area contributed by atoms with Crippen molar-refractivity contribution in [2.75, 3.05) is 6.54 Å². The fourth-order valence-corrected chi connectivity index (χ4v) is 2.64. The number of amides is 1. The number of carbonyl (C=O) groups excluding carboxylic acids is 1. The van der Waals surface area contributed by atoms with Crippen LogP contribution in [0.3, 0.4) is 0 Å². The summed E-state index contributed by atoms with van der Waals surface area (Å²) in [6, 6.07) is 16.8. The predicted molar refractivity (Wildman–Crippen MR) is 101 cm³/mol. The molecular weight excluding hydrogens is 326 g/mol. The molecule has 26 heavy (non-hydrogen) atoms.